The molecular weight excluding hydrogens is 130 g/mol. The topological polar surface area (TPSA) is 34.1 Å². The van der Waals surface area contributed by atoms with Crippen molar-refractivity contribution in [3.05, 3.63) is 0 Å². The molecule has 0 rings (SSSR count). The summed E-state index contributed by atoms with van der Waals surface area (Å²) >= 11 is 0. The first kappa shape index (κ1) is 8.20. The molecule has 0 aromatic rings. The first-order valence-electron chi connectivity index (χ1n) is 2.24. The summed E-state index contributed by atoms with van der Waals surface area (Å²) in [4.78, 5) is 19.3. The molecule has 0 heterocycles. The Balaban J connectivity index is 3.74. The van der Waals surface area contributed by atoms with Crippen LogP contribution >= 0.6 is 0 Å². The van der Waals surface area contributed by atoms with Gasteiger partial charge in [0.15, 0.2) is 0 Å². The molecule has 0 aliphatic rings. The lowest BCUT2D eigenvalue weighted by Gasteiger charge is -2.03. The molecule has 0 amide bonds. The van der Waals surface area contributed by atoms with Crippen LogP contribution in [-0.2, 0) is 9.59 Å². The van der Waals surface area contributed by atoms with Gasteiger partial charge in [-0.15, -0.1) is 0 Å². The molecule has 0 saturated heterocycles. The zero-order chi connectivity index (χ0) is 7.49. The van der Waals surface area contributed by atoms with Gasteiger partial charge in [0.1, 0.15) is 0 Å². The Bertz CT molecular complexity index is 125. The molecule has 0 bridgehead atoms. The number of halogens is 2. The smallest absolute Gasteiger partial charge is 0.272 e. The molecule has 0 aliphatic heterocycles. The summed E-state index contributed by atoms with van der Waals surface area (Å²) < 4.78 is 23.5. The predicted octanol–water partition coefficient (Wildman–Crippen LogP) is 0.711. The van der Waals surface area contributed by atoms with Gasteiger partial charge in [-0.1, -0.05) is 0 Å². The number of hydrogen-bond acceptors (Lipinski definition) is 2. The molecule has 0 saturated carbocycles. The highest BCUT2D eigenvalue weighted by molar-refractivity contribution is 6.25. The number of alkyl halides is 2. The lowest BCUT2D eigenvalue weighted by atomic mass is 10.2. The summed E-state index contributed by atoms with van der Waals surface area (Å²) in [6, 6.07) is 0. The van der Waals surface area contributed by atoms with Crippen LogP contribution < -0.4 is 0 Å². The quantitative estimate of drug-likeness (QED) is 0.534. The van der Waals surface area contributed by atoms with E-state index in [1.807, 2.05) is 0 Å². The first-order valence-corrected chi connectivity index (χ1v) is 2.24. The van der Waals surface area contributed by atoms with Gasteiger partial charge in [-0.25, -0.2) is 8.78 Å². The zero-order valence-corrected chi connectivity index (χ0v) is 4.78. The lowest BCUT2D eigenvalue weighted by molar-refractivity contribution is -0.118. The van der Waals surface area contributed by atoms with Crippen molar-refractivity contribution in [1.29, 1.82) is 0 Å². The van der Waals surface area contributed by atoms with Crippen molar-refractivity contribution in [2.45, 2.75) is 19.3 Å². The third-order valence-electron chi connectivity index (χ3n) is 0.585. The van der Waals surface area contributed by atoms with Crippen molar-refractivity contribution in [3.63, 3.8) is 0 Å². The van der Waals surface area contributed by atoms with Crippen LogP contribution in [0.5, 0.6) is 0 Å². The van der Waals surface area contributed by atoms with E-state index < -0.39 is 18.1 Å². The molecule has 9 heavy (non-hydrogen) atoms. The molecule has 0 aromatic carbocycles. The number of ketones is 1. The van der Waals surface area contributed by atoms with E-state index in [1.165, 1.54) is 0 Å². The largest absolute Gasteiger partial charge is 0.290 e. The molecule has 51 valence electrons. The van der Waals surface area contributed by atoms with E-state index in [9.17, 15) is 18.4 Å². The molecule has 1 radical (unpaired) electrons. The van der Waals surface area contributed by atoms with Gasteiger partial charge in [0, 0.05) is 0 Å². The van der Waals surface area contributed by atoms with E-state index in [0.29, 0.717) is 6.92 Å². The minimum Gasteiger partial charge on any atom is -0.290 e. The highest BCUT2D eigenvalue weighted by Gasteiger charge is 2.25. The predicted molar refractivity (Wildman–Crippen MR) is 25.9 cm³/mol. The summed E-state index contributed by atoms with van der Waals surface area (Å²) in [5.41, 5.74) is 0. The average molecular weight is 135 g/mol. The Morgan fingerprint density at radius 3 is 2.22 bits per heavy atom. The number of carbonyl (C=O) groups excluding carboxylic acids is 2. The molecule has 0 fully saturated rings. The standard InChI is InChI=1S/C5H5F2O2/c1-5(6,7)2-4(9)3-8/h2H2,1H3. The number of hydrogen-bond donors (Lipinski definition) is 0. The minimum absolute atomic E-state index is 0.572. The maximum absolute atomic E-state index is 11.8. The molecule has 0 spiro atoms. The van der Waals surface area contributed by atoms with Crippen LogP contribution in [0, 0.1) is 0 Å². The molecule has 0 aliphatic carbocycles. The third-order valence-corrected chi connectivity index (χ3v) is 0.585. The number of Topliss-reactive ketones (excluding diaryl/α,β-unsaturated/α-hetero) is 1. The Labute approximate surface area is 50.9 Å². The van der Waals surface area contributed by atoms with Crippen molar-refractivity contribution in [2.24, 2.45) is 0 Å². The summed E-state index contributed by atoms with van der Waals surface area (Å²) in [5, 5.41) is 0. The lowest BCUT2D eigenvalue weighted by Crippen LogP contribution is -2.16. The third kappa shape index (κ3) is 5.06. The highest BCUT2D eigenvalue weighted by atomic mass is 19.3. The first-order chi connectivity index (χ1) is 3.95. The fourth-order valence-corrected chi connectivity index (χ4v) is 0.318. The molecule has 0 atom stereocenters. The van der Waals surface area contributed by atoms with Crippen LogP contribution in [0.25, 0.3) is 0 Å². The van der Waals surface area contributed by atoms with Gasteiger partial charge in [0.05, 0.1) is 6.42 Å². The van der Waals surface area contributed by atoms with Gasteiger partial charge >= 0.3 is 0 Å². The van der Waals surface area contributed by atoms with Gasteiger partial charge in [0.25, 0.3) is 12.2 Å². The molecule has 4 heteroatoms. The molecule has 2 nitrogen and oxygen atoms in total. The maximum Gasteiger partial charge on any atom is 0.272 e. The van der Waals surface area contributed by atoms with Crippen molar-refractivity contribution in [1.82, 2.24) is 0 Å². The van der Waals surface area contributed by atoms with Gasteiger partial charge in [-0.05, 0) is 6.92 Å². The molecule has 0 aromatic heterocycles. The summed E-state index contributed by atoms with van der Waals surface area (Å²) in [7, 11) is 0. The van der Waals surface area contributed by atoms with Crippen LogP contribution in [0.2, 0.25) is 0 Å². The monoisotopic (exact) mass is 135 g/mol. The van der Waals surface area contributed by atoms with Gasteiger partial charge in [-0.2, -0.15) is 0 Å². The molecule has 0 unspecified atom stereocenters. The van der Waals surface area contributed by atoms with Crippen molar-refractivity contribution in [3.8, 4) is 0 Å². The highest BCUT2D eigenvalue weighted by Crippen LogP contribution is 2.15. The Hall–Kier alpha value is -0.800. The zero-order valence-electron chi connectivity index (χ0n) is 4.78. The SMILES string of the molecule is CC(F)(F)CC(=O)[C]=O. The van der Waals surface area contributed by atoms with Crippen LogP contribution in [0.4, 0.5) is 8.78 Å². The van der Waals surface area contributed by atoms with E-state index in [-0.39, 0.29) is 0 Å². The fraction of sp³-hybridized carbons (Fsp3) is 0.600. The van der Waals surface area contributed by atoms with Gasteiger partial charge < -0.3 is 0 Å². The second kappa shape index (κ2) is 2.66. The number of rotatable bonds is 3. The fourth-order valence-electron chi connectivity index (χ4n) is 0.318. The van der Waals surface area contributed by atoms with Crippen molar-refractivity contribution in [2.75, 3.05) is 0 Å². The average Bonchev–Trinajstić information content (AvgIpc) is 1.62. The van der Waals surface area contributed by atoms with Crippen LogP contribution in [0.15, 0.2) is 0 Å². The van der Waals surface area contributed by atoms with Crippen LogP contribution in [0.3, 0.4) is 0 Å². The van der Waals surface area contributed by atoms with E-state index in [0.717, 1.165) is 6.29 Å². The Morgan fingerprint density at radius 1 is 1.67 bits per heavy atom. The summed E-state index contributed by atoms with van der Waals surface area (Å²) in [6.45, 7) is 0.572. The Kier molecular flexibility index (Phi) is 2.42. The van der Waals surface area contributed by atoms with E-state index >= 15 is 0 Å². The van der Waals surface area contributed by atoms with Gasteiger partial charge in [-0.3, -0.25) is 9.59 Å². The van der Waals surface area contributed by atoms with Gasteiger partial charge in [0.2, 0.25) is 5.78 Å². The summed E-state index contributed by atoms with van der Waals surface area (Å²) in [6.07, 6.45) is -0.193. The second-order valence-electron chi connectivity index (χ2n) is 1.77. The van der Waals surface area contributed by atoms with Crippen LogP contribution in [-0.4, -0.2) is 18.0 Å². The van der Waals surface area contributed by atoms with E-state index in [4.69, 9.17) is 0 Å². The summed E-state index contributed by atoms with van der Waals surface area (Å²) in [5.74, 6) is -4.28. The van der Waals surface area contributed by atoms with E-state index in [2.05, 4.69) is 0 Å². The normalized spacial score (nSPS) is 11.0. The molecule has 0 N–H and O–H groups in total. The van der Waals surface area contributed by atoms with Crippen molar-refractivity contribution >= 4 is 12.1 Å². The minimum atomic E-state index is -3.09. The van der Waals surface area contributed by atoms with Crippen LogP contribution in [0.1, 0.15) is 13.3 Å². The maximum atomic E-state index is 11.8. The van der Waals surface area contributed by atoms with E-state index in [1.54, 1.807) is 0 Å². The number of carbonyl (C=O) groups is 1. The molecular formula is C5H5F2O2. The second-order valence-corrected chi connectivity index (χ2v) is 1.77. The van der Waals surface area contributed by atoms with Crippen molar-refractivity contribution < 1.29 is 18.4 Å². The Morgan fingerprint density at radius 2 is 2.11 bits per heavy atom.